The fourth-order valence-electron chi connectivity index (χ4n) is 3.70. The molecule has 0 radical (unpaired) electrons. The molecule has 0 bridgehead atoms. The van der Waals surface area contributed by atoms with Crippen molar-refractivity contribution in [2.45, 2.75) is 19.8 Å². The van der Waals surface area contributed by atoms with Crippen molar-refractivity contribution >= 4 is 23.3 Å². The fraction of sp³-hybridized carbons (Fsp3) is 0.292. The first-order chi connectivity index (χ1) is 14.9. The minimum Gasteiger partial charge on any atom is -0.352 e. The molecule has 1 aromatic heterocycles. The molecule has 2 heterocycles. The van der Waals surface area contributed by atoms with E-state index in [1.807, 2.05) is 36.4 Å². The molecule has 0 N–H and O–H groups in total. The highest BCUT2D eigenvalue weighted by Gasteiger charge is 2.24. The monoisotopic (exact) mass is 436 g/mol. The van der Waals surface area contributed by atoms with Gasteiger partial charge in [-0.05, 0) is 41.8 Å². The summed E-state index contributed by atoms with van der Waals surface area (Å²) in [5.41, 5.74) is 2.30. The summed E-state index contributed by atoms with van der Waals surface area (Å²) in [5.74, 6) is 1.08. The van der Waals surface area contributed by atoms with Gasteiger partial charge < -0.3 is 9.80 Å². The van der Waals surface area contributed by atoms with Crippen LogP contribution in [0.15, 0.2) is 65.5 Å². The number of nitrogens with zero attached hydrogens (tertiary/aromatic N) is 4. The summed E-state index contributed by atoms with van der Waals surface area (Å²) < 4.78 is 1.43. The lowest BCUT2D eigenvalue weighted by Crippen LogP contribution is -2.49. The van der Waals surface area contributed by atoms with Crippen molar-refractivity contribution in [1.82, 2.24) is 14.7 Å². The Morgan fingerprint density at radius 3 is 2.26 bits per heavy atom. The number of piperazine rings is 1. The molecule has 7 heteroatoms. The van der Waals surface area contributed by atoms with Gasteiger partial charge in [0.2, 0.25) is 0 Å². The van der Waals surface area contributed by atoms with Crippen LogP contribution in [0.25, 0.3) is 5.69 Å². The van der Waals surface area contributed by atoms with E-state index in [0.29, 0.717) is 42.7 Å². The van der Waals surface area contributed by atoms with Crippen molar-refractivity contribution in [3.8, 4) is 5.69 Å². The SMILES string of the molecule is CC(C)c1ccc(-n2nc(N3CCN(C(=O)c4ccccc4Cl)CC3)ccc2=O)cc1. The second-order valence-corrected chi connectivity index (χ2v) is 8.35. The fourth-order valence-corrected chi connectivity index (χ4v) is 3.92. The topological polar surface area (TPSA) is 58.4 Å². The molecule has 0 unspecified atom stereocenters. The van der Waals surface area contributed by atoms with Crippen LogP contribution in [0.4, 0.5) is 5.82 Å². The van der Waals surface area contributed by atoms with Crippen LogP contribution in [0, 0.1) is 0 Å². The lowest BCUT2D eigenvalue weighted by atomic mass is 10.0. The summed E-state index contributed by atoms with van der Waals surface area (Å²) in [6.07, 6.45) is 0. The molecule has 0 saturated carbocycles. The molecule has 160 valence electrons. The number of aromatic nitrogens is 2. The summed E-state index contributed by atoms with van der Waals surface area (Å²) in [6.45, 7) is 6.66. The molecular weight excluding hydrogens is 412 g/mol. The minimum absolute atomic E-state index is 0.0616. The standard InChI is InChI=1S/C24H25ClN4O2/c1-17(2)18-7-9-19(10-8-18)29-23(30)12-11-22(26-29)27-13-15-28(16-14-27)24(31)20-5-3-4-6-21(20)25/h3-12,17H,13-16H2,1-2H3. The zero-order valence-electron chi connectivity index (χ0n) is 17.7. The van der Waals surface area contributed by atoms with E-state index in [4.69, 9.17) is 11.6 Å². The summed E-state index contributed by atoms with van der Waals surface area (Å²) in [7, 11) is 0. The van der Waals surface area contributed by atoms with Gasteiger partial charge in [-0.1, -0.05) is 49.7 Å². The minimum atomic E-state index is -0.173. The first kappa shape index (κ1) is 21.1. The van der Waals surface area contributed by atoms with Crippen LogP contribution < -0.4 is 10.5 Å². The summed E-state index contributed by atoms with van der Waals surface area (Å²) >= 11 is 6.18. The molecule has 6 nitrogen and oxygen atoms in total. The third-order valence-electron chi connectivity index (χ3n) is 5.59. The highest BCUT2D eigenvalue weighted by molar-refractivity contribution is 6.33. The Balaban J connectivity index is 1.49. The van der Waals surface area contributed by atoms with Crippen molar-refractivity contribution in [2.24, 2.45) is 0 Å². The maximum atomic E-state index is 12.8. The number of carbonyl (C=O) groups excluding carboxylic acids is 1. The predicted molar refractivity (Wildman–Crippen MR) is 123 cm³/mol. The van der Waals surface area contributed by atoms with Gasteiger partial charge in [0.1, 0.15) is 5.82 Å². The van der Waals surface area contributed by atoms with Gasteiger partial charge in [0, 0.05) is 32.2 Å². The molecule has 1 fully saturated rings. The van der Waals surface area contributed by atoms with Crippen molar-refractivity contribution < 1.29 is 4.79 Å². The predicted octanol–water partition coefficient (Wildman–Crippen LogP) is 3.97. The highest BCUT2D eigenvalue weighted by Crippen LogP contribution is 2.20. The van der Waals surface area contributed by atoms with E-state index in [0.717, 1.165) is 11.5 Å². The highest BCUT2D eigenvalue weighted by atomic mass is 35.5. The molecule has 1 amide bonds. The number of amides is 1. The van der Waals surface area contributed by atoms with E-state index >= 15 is 0 Å². The normalized spacial score (nSPS) is 14.2. The van der Waals surface area contributed by atoms with Gasteiger partial charge in [-0.3, -0.25) is 9.59 Å². The Hall–Kier alpha value is -3.12. The van der Waals surface area contributed by atoms with Gasteiger partial charge in [0.15, 0.2) is 0 Å². The van der Waals surface area contributed by atoms with Crippen molar-refractivity contribution in [3.63, 3.8) is 0 Å². The Labute approximate surface area is 186 Å². The van der Waals surface area contributed by atoms with E-state index in [-0.39, 0.29) is 11.5 Å². The lowest BCUT2D eigenvalue weighted by Gasteiger charge is -2.35. The summed E-state index contributed by atoms with van der Waals surface area (Å²) in [4.78, 5) is 29.1. The van der Waals surface area contributed by atoms with Crippen LogP contribution in [0.3, 0.4) is 0 Å². The molecule has 2 aromatic carbocycles. The molecule has 1 saturated heterocycles. The number of hydrogen-bond acceptors (Lipinski definition) is 4. The number of anilines is 1. The Bertz CT molecular complexity index is 1130. The zero-order valence-corrected chi connectivity index (χ0v) is 18.4. The Morgan fingerprint density at radius 1 is 0.935 bits per heavy atom. The van der Waals surface area contributed by atoms with Crippen LogP contribution >= 0.6 is 11.6 Å². The van der Waals surface area contributed by atoms with Gasteiger partial charge in [0.05, 0.1) is 16.3 Å². The smallest absolute Gasteiger partial charge is 0.271 e. The zero-order chi connectivity index (χ0) is 22.0. The van der Waals surface area contributed by atoms with Crippen LogP contribution in [0.1, 0.15) is 35.7 Å². The van der Waals surface area contributed by atoms with Crippen molar-refractivity contribution in [2.75, 3.05) is 31.1 Å². The Kier molecular flexibility index (Phi) is 6.09. The second-order valence-electron chi connectivity index (χ2n) is 7.95. The molecule has 0 spiro atoms. The summed E-state index contributed by atoms with van der Waals surface area (Å²) in [5, 5.41) is 5.05. The number of carbonyl (C=O) groups is 1. The van der Waals surface area contributed by atoms with Gasteiger partial charge in [-0.15, -0.1) is 5.10 Å². The first-order valence-corrected chi connectivity index (χ1v) is 10.8. The molecule has 3 aromatic rings. The van der Waals surface area contributed by atoms with Gasteiger partial charge in [-0.2, -0.15) is 4.68 Å². The maximum Gasteiger partial charge on any atom is 0.271 e. The van der Waals surface area contributed by atoms with E-state index in [2.05, 4.69) is 23.8 Å². The third-order valence-corrected chi connectivity index (χ3v) is 5.92. The average molecular weight is 437 g/mol. The van der Waals surface area contributed by atoms with E-state index in [1.165, 1.54) is 10.2 Å². The number of benzene rings is 2. The molecule has 0 aliphatic carbocycles. The van der Waals surface area contributed by atoms with Crippen LogP contribution in [0.2, 0.25) is 5.02 Å². The third kappa shape index (κ3) is 4.49. The van der Waals surface area contributed by atoms with Crippen LogP contribution in [-0.4, -0.2) is 46.8 Å². The van der Waals surface area contributed by atoms with E-state index in [9.17, 15) is 9.59 Å². The summed E-state index contributed by atoms with van der Waals surface area (Å²) in [6, 6.07) is 18.3. The quantitative estimate of drug-likeness (QED) is 0.621. The first-order valence-electron chi connectivity index (χ1n) is 10.4. The van der Waals surface area contributed by atoms with Crippen molar-refractivity contribution in [3.05, 3.63) is 87.2 Å². The lowest BCUT2D eigenvalue weighted by molar-refractivity contribution is 0.0746. The molecule has 1 aliphatic heterocycles. The largest absolute Gasteiger partial charge is 0.352 e. The van der Waals surface area contributed by atoms with Crippen LogP contribution in [0.5, 0.6) is 0 Å². The van der Waals surface area contributed by atoms with E-state index in [1.54, 1.807) is 29.2 Å². The van der Waals surface area contributed by atoms with Crippen LogP contribution in [-0.2, 0) is 0 Å². The second kappa shape index (κ2) is 8.94. The molecule has 1 aliphatic rings. The maximum absolute atomic E-state index is 12.8. The van der Waals surface area contributed by atoms with Gasteiger partial charge in [-0.25, -0.2) is 0 Å². The molecular formula is C24H25ClN4O2. The number of rotatable bonds is 4. The molecule has 0 atom stereocenters. The molecule has 31 heavy (non-hydrogen) atoms. The Morgan fingerprint density at radius 2 is 1.61 bits per heavy atom. The van der Waals surface area contributed by atoms with Crippen molar-refractivity contribution in [1.29, 1.82) is 0 Å². The van der Waals surface area contributed by atoms with E-state index < -0.39 is 0 Å². The van der Waals surface area contributed by atoms with Gasteiger partial charge in [0.25, 0.3) is 11.5 Å². The molecule has 4 rings (SSSR count). The number of halogens is 1. The average Bonchev–Trinajstić information content (AvgIpc) is 2.79. The number of hydrogen-bond donors (Lipinski definition) is 0. The van der Waals surface area contributed by atoms with Gasteiger partial charge >= 0.3 is 0 Å².